The molecule has 0 fully saturated rings. The van der Waals surface area contributed by atoms with Crippen LogP contribution >= 0.6 is 50.8 Å². The van der Waals surface area contributed by atoms with Crippen molar-refractivity contribution in [1.29, 1.82) is 0 Å². The lowest BCUT2D eigenvalue weighted by Gasteiger charge is -2.05. The maximum Gasteiger partial charge on any atom is 0.227 e. The highest BCUT2D eigenvalue weighted by atomic mass is 79.9. The predicted octanol–water partition coefficient (Wildman–Crippen LogP) is 3.18. The number of primary amides is 1. The molecule has 1 aromatic carbocycles. The second-order valence-electron chi connectivity index (χ2n) is 3.85. The molecule has 0 saturated heterocycles. The average molecular weight is 406 g/mol. The Bertz CT molecular complexity index is 636. The Morgan fingerprint density at radius 3 is 2.71 bits per heavy atom. The van der Waals surface area contributed by atoms with Gasteiger partial charge in [-0.25, -0.2) is 0 Å². The van der Waals surface area contributed by atoms with E-state index in [2.05, 4.69) is 26.1 Å². The normalized spacial score (nSPS) is 10.6. The quantitative estimate of drug-likeness (QED) is 0.712. The number of aromatic nitrogens is 2. The van der Waals surface area contributed by atoms with Crippen LogP contribution in [0.5, 0.6) is 5.75 Å². The van der Waals surface area contributed by atoms with E-state index in [4.69, 9.17) is 10.5 Å². The van der Waals surface area contributed by atoms with Gasteiger partial charge >= 0.3 is 0 Å². The fourth-order valence-electron chi connectivity index (χ4n) is 1.39. The molecule has 2 aromatic rings. The molecule has 0 aliphatic rings. The number of benzene rings is 1. The number of hydrogen-bond acceptors (Lipinski definition) is 7. The largest absolute Gasteiger partial charge is 0.496 e. The van der Waals surface area contributed by atoms with Crippen LogP contribution in [-0.2, 0) is 10.5 Å². The van der Waals surface area contributed by atoms with Gasteiger partial charge in [0.05, 0.1) is 17.3 Å². The summed E-state index contributed by atoms with van der Waals surface area (Å²) in [5.74, 6) is 1.47. The number of carbonyl (C=O) groups excluding carboxylic acids is 1. The van der Waals surface area contributed by atoms with Gasteiger partial charge in [0.25, 0.3) is 0 Å². The lowest BCUT2D eigenvalue weighted by atomic mass is 10.2. The van der Waals surface area contributed by atoms with Crippen LogP contribution in [0.15, 0.2) is 31.4 Å². The third-order valence-corrected chi connectivity index (χ3v) is 6.21. The van der Waals surface area contributed by atoms with E-state index in [-0.39, 0.29) is 11.7 Å². The third kappa shape index (κ3) is 5.17. The summed E-state index contributed by atoms with van der Waals surface area (Å²) in [5, 5.41) is 8.11. The van der Waals surface area contributed by atoms with Crippen molar-refractivity contribution in [2.75, 3.05) is 12.9 Å². The van der Waals surface area contributed by atoms with E-state index >= 15 is 0 Å². The van der Waals surface area contributed by atoms with Crippen LogP contribution in [0.4, 0.5) is 0 Å². The molecule has 0 atom stereocenters. The summed E-state index contributed by atoms with van der Waals surface area (Å²) in [4.78, 5) is 10.7. The number of hydrogen-bond donors (Lipinski definition) is 1. The Labute approximate surface area is 143 Å². The number of halogens is 1. The molecule has 0 aliphatic heterocycles. The molecular formula is C12H12BrN3O2S3. The van der Waals surface area contributed by atoms with Gasteiger partial charge in [-0.2, -0.15) is 0 Å². The van der Waals surface area contributed by atoms with Gasteiger partial charge in [0.15, 0.2) is 8.68 Å². The maximum absolute atomic E-state index is 10.7. The zero-order valence-corrected chi connectivity index (χ0v) is 15.1. The summed E-state index contributed by atoms with van der Waals surface area (Å²) < 4.78 is 7.75. The van der Waals surface area contributed by atoms with Crippen molar-refractivity contribution in [1.82, 2.24) is 10.2 Å². The summed E-state index contributed by atoms with van der Waals surface area (Å²) >= 11 is 7.85. The number of thioether (sulfide) groups is 2. The fourth-order valence-corrected chi connectivity index (χ4v) is 4.68. The Balaban J connectivity index is 1.91. The standard InChI is InChI=1S/C12H12BrN3O2S3/c1-18-9-3-2-7(4-8(9)13)5-19-11-15-16-12(21-11)20-6-10(14)17/h2-4H,5-6H2,1H3,(H2,14,17). The van der Waals surface area contributed by atoms with Crippen molar-refractivity contribution in [2.45, 2.75) is 14.4 Å². The Morgan fingerprint density at radius 1 is 1.38 bits per heavy atom. The van der Waals surface area contributed by atoms with Crippen LogP contribution in [0.1, 0.15) is 5.56 Å². The van der Waals surface area contributed by atoms with Gasteiger partial charge in [-0.05, 0) is 33.6 Å². The molecule has 5 nitrogen and oxygen atoms in total. The van der Waals surface area contributed by atoms with Crippen LogP contribution in [0.25, 0.3) is 0 Å². The highest BCUT2D eigenvalue weighted by Crippen LogP contribution is 2.32. The Kier molecular flexibility index (Phi) is 6.34. The first-order valence-electron chi connectivity index (χ1n) is 5.78. The first kappa shape index (κ1) is 16.6. The smallest absolute Gasteiger partial charge is 0.227 e. The monoisotopic (exact) mass is 405 g/mol. The minimum Gasteiger partial charge on any atom is -0.496 e. The SMILES string of the molecule is COc1ccc(CSc2nnc(SCC(N)=O)s2)cc1Br. The Morgan fingerprint density at radius 2 is 2.10 bits per heavy atom. The molecular weight excluding hydrogens is 394 g/mol. The van der Waals surface area contributed by atoms with Crippen LogP contribution in [0.3, 0.4) is 0 Å². The minimum atomic E-state index is -0.354. The van der Waals surface area contributed by atoms with Crippen molar-refractivity contribution in [3.05, 3.63) is 28.2 Å². The van der Waals surface area contributed by atoms with E-state index in [0.717, 1.165) is 30.2 Å². The number of amides is 1. The summed E-state index contributed by atoms with van der Waals surface area (Å²) in [6.07, 6.45) is 0. The van der Waals surface area contributed by atoms with E-state index in [0.29, 0.717) is 0 Å². The van der Waals surface area contributed by atoms with Gasteiger partial charge in [-0.3, -0.25) is 4.79 Å². The molecule has 1 amide bonds. The number of nitrogens with two attached hydrogens (primary N) is 1. The molecule has 2 N–H and O–H groups in total. The van der Waals surface area contributed by atoms with E-state index in [1.54, 1.807) is 18.9 Å². The number of nitrogens with zero attached hydrogens (tertiary/aromatic N) is 2. The van der Waals surface area contributed by atoms with Crippen LogP contribution in [0.2, 0.25) is 0 Å². The van der Waals surface area contributed by atoms with E-state index in [1.807, 2.05) is 18.2 Å². The first-order chi connectivity index (χ1) is 10.1. The van der Waals surface area contributed by atoms with Gasteiger partial charge in [-0.1, -0.05) is 40.9 Å². The van der Waals surface area contributed by atoms with E-state index in [9.17, 15) is 4.79 Å². The average Bonchev–Trinajstić information content (AvgIpc) is 2.91. The van der Waals surface area contributed by atoms with E-state index < -0.39 is 0 Å². The van der Waals surface area contributed by atoms with Gasteiger partial charge in [0, 0.05) is 5.75 Å². The van der Waals surface area contributed by atoms with Gasteiger partial charge in [-0.15, -0.1) is 10.2 Å². The lowest BCUT2D eigenvalue weighted by Crippen LogP contribution is -2.12. The van der Waals surface area contributed by atoms with Gasteiger partial charge in [0.2, 0.25) is 5.91 Å². The fraction of sp³-hybridized carbons (Fsp3) is 0.250. The van der Waals surface area contributed by atoms with Crippen molar-refractivity contribution >= 4 is 56.7 Å². The van der Waals surface area contributed by atoms with Crippen LogP contribution < -0.4 is 10.5 Å². The molecule has 0 bridgehead atoms. The maximum atomic E-state index is 10.7. The first-order valence-corrected chi connectivity index (χ1v) is 9.36. The predicted molar refractivity (Wildman–Crippen MR) is 90.1 cm³/mol. The summed E-state index contributed by atoms with van der Waals surface area (Å²) in [5.41, 5.74) is 6.26. The van der Waals surface area contributed by atoms with E-state index in [1.165, 1.54) is 23.1 Å². The summed E-state index contributed by atoms with van der Waals surface area (Å²) in [7, 11) is 1.64. The second-order valence-corrected chi connectivity index (χ2v) is 8.12. The van der Waals surface area contributed by atoms with Crippen molar-refractivity contribution in [3.8, 4) is 5.75 Å². The van der Waals surface area contributed by atoms with Crippen LogP contribution in [0, 0.1) is 0 Å². The molecule has 0 aliphatic carbocycles. The van der Waals surface area contributed by atoms with Gasteiger partial charge in [0.1, 0.15) is 5.75 Å². The second kappa shape index (κ2) is 8.02. The zero-order chi connectivity index (χ0) is 15.2. The topological polar surface area (TPSA) is 78.1 Å². The molecule has 0 radical (unpaired) electrons. The van der Waals surface area contributed by atoms with Crippen molar-refractivity contribution in [3.63, 3.8) is 0 Å². The molecule has 0 spiro atoms. The molecule has 0 unspecified atom stereocenters. The molecule has 0 saturated carbocycles. The number of rotatable bonds is 7. The number of ether oxygens (including phenoxy) is 1. The molecule has 1 heterocycles. The van der Waals surface area contributed by atoms with Crippen molar-refractivity contribution in [2.24, 2.45) is 5.73 Å². The number of methoxy groups -OCH3 is 1. The summed E-state index contributed by atoms with van der Waals surface area (Å²) in [6, 6.07) is 5.96. The number of carbonyl (C=O) groups is 1. The molecule has 21 heavy (non-hydrogen) atoms. The molecule has 112 valence electrons. The van der Waals surface area contributed by atoms with Crippen molar-refractivity contribution < 1.29 is 9.53 Å². The molecule has 9 heteroatoms. The Hall–Kier alpha value is -0.770. The summed E-state index contributed by atoms with van der Waals surface area (Å²) in [6.45, 7) is 0. The zero-order valence-electron chi connectivity index (χ0n) is 11.0. The minimum absolute atomic E-state index is 0.227. The molecule has 1 aromatic heterocycles. The highest BCUT2D eigenvalue weighted by Gasteiger charge is 2.08. The third-order valence-electron chi connectivity index (χ3n) is 2.30. The lowest BCUT2D eigenvalue weighted by molar-refractivity contribution is -0.115. The molecule has 2 rings (SSSR count). The van der Waals surface area contributed by atoms with Crippen LogP contribution in [-0.4, -0.2) is 29.0 Å². The van der Waals surface area contributed by atoms with Gasteiger partial charge < -0.3 is 10.5 Å². The highest BCUT2D eigenvalue weighted by molar-refractivity contribution is 9.10.